The molecule has 0 aliphatic rings. The van der Waals surface area contributed by atoms with Crippen molar-refractivity contribution in [3.05, 3.63) is 53.9 Å². The second-order valence-corrected chi connectivity index (χ2v) is 5.60. The molecule has 2 rings (SSSR count). The molecular formula is C19H24N4O3. The van der Waals surface area contributed by atoms with E-state index in [-0.39, 0.29) is 18.4 Å². The van der Waals surface area contributed by atoms with Crippen LogP contribution in [0, 0.1) is 0 Å². The number of nitrogens with one attached hydrogen (secondary N) is 2. The van der Waals surface area contributed by atoms with Crippen LogP contribution in [0.5, 0.6) is 5.75 Å². The van der Waals surface area contributed by atoms with Crippen molar-refractivity contribution in [2.75, 3.05) is 19.7 Å². The van der Waals surface area contributed by atoms with Gasteiger partial charge in [-0.15, -0.1) is 0 Å². The highest BCUT2D eigenvalue weighted by Crippen LogP contribution is 2.13. The van der Waals surface area contributed by atoms with Crippen LogP contribution in [0.4, 0.5) is 0 Å². The zero-order valence-corrected chi connectivity index (χ0v) is 15.3. The first-order valence-corrected chi connectivity index (χ1v) is 8.54. The van der Waals surface area contributed by atoms with Gasteiger partial charge < -0.3 is 14.6 Å². The van der Waals surface area contributed by atoms with Gasteiger partial charge in [-0.05, 0) is 62.7 Å². The number of hydrazone groups is 1. The number of carbonyl (C=O) groups is 2. The van der Waals surface area contributed by atoms with Crippen molar-refractivity contribution in [3.63, 3.8) is 0 Å². The molecule has 1 aromatic heterocycles. The second-order valence-electron chi connectivity index (χ2n) is 5.60. The molecule has 2 amide bonds. The van der Waals surface area contributed by atoms with Gasteiger partial charge in [-0.3, -0.25) is 9.59 Å². The largest absolute Gasteiger partial charge is 0.484 e. The van der Waals surface area contributed by atoms with Crippen molar-refractivity contribution in [1.82, 2.24) is 15.3 Å². The summed E-state index contributed by atoms with van der Waals surface area (Å²) in [6.07, 6.45) is 1.68. The lowest BCUT2D eigenvalue weighted by Gasteiger charge is -2.18. The van der Waals surface area contributed by atoms with E-state index >= 15 is 0 Å². The lowest BCUT2D eigenvalue weighted by atomic mass is 10.1. The minimum absolute atomic E-state index is 0.0142. The zero-order valence-electron chi connectivity index (χ0n) is 15.3. The van der Waals surface area contributed by atoms with E-state index in [1.165, 1.54) is 0 Å². The maximum Gasteiger partial charge on any atom is 0.287 e. The monoisotopic (exact) mass is 356 g/mol. The molecule has 1 heterocycles. The summed E-state index contributed by atoms with van der Waals surface area (Å²) in [6, 6.07) is 10.6. The summed E-state index contributed by atoms with van der Waals surface area (Å²) in [4.78, 5) is 28.3. The smallest absolute Gasteiger partial charge is 0.287 e. The minimum atomic E-state index is -0.302. The molecule has 0 saturated heterocycles. The summed E-state index contributed by atoms with van der Waals surface area (Å²) in [5.41, 5.74) is 4.46. The molecule has 2 aromatic rings. The van der Waals surface area contributed by atoms with Gasteiger partial charge in [0.15, 0.2) is 6.61 Å². The van der Waals surface area contributed by atoms with Crippen molar-refractivity contribution in [3.8, 4) is 5.75 Å². The van der Waals surface area contributed by atoms with Crippen LogP contribution in [0.3, 0.4) is 0 Å². The Hall–Kier alpha value is -3.09. The van der Waals surface area contributed by atoms with E-state index in [4.69, 9.17) is 4.74 Å². The topological polar surface area (TPSA) is 86.8 Å². The van der Waals surface area contributed by atoms with E-state index in [0.717, 1.165) is 5.56 Å². The summed E-state index contributed by atoms with van der Waals surface area (Å²) >= 11 is 0. The maximum absolute atomic E-state index is 11.9. The number of hydrogen-bond donors (Lipinski definition) is 2. The summed E-state index contributed by atoms with van der Waals surface area (Å²) < 4.78 is 5.53. The van der Waals surface area contributed by atoms with Gasteiger partial charge in [-0.1, -0.05) is 0 Å². The number of nitrogens with zero attached hydrogens (tertiary/aromatic N) is 2. The standard InChI is InChI=1S/C19H24N4O3/c1-4-23(5-2)18(24)13-26-16-10-8-15(9-11-16)14(3)21-22-19(25)17-7-6-12-20-17/h6-12,20H,4-5,13H2,1-3H3,(H,22,25)/b21-14-. The Balaban J connectivity index is 1.90. The summed E-state index contributed by atoms with van der Waals surface area (Å²) in [6.45, 7) is 7.03. The zero-order chi connectivity index (χ0) is 18.9. The lowest BCUT2D eigenvalue weighted by Crippen LogP contribution is -2.34. The number of amides is 2. The molecule has 0 bridgehead atoms. The van der Waals surface area contributed by atoms with E-state index in [2.05, 4.69) is 15.5 Å². The average molecular weight is 356 g/mol. The number of aromatic nitrogens is 1. The highest BCUT2D eigenvalue weighted by Gasteiger charge is 2.10. The minimum Gasteiger partial charge on any atom is -0.484 e. The fourth-order valence-corrected chi connectivity index (χ4v) is 2.34. The van der Waals surface area contributed by atoms with Gasteiger partial charge in [0.2, 0.25) is 0 Å². The molecule has 138 valence electrons. The molecule has 0 unspecified atom stereocenters. The number of hydrogen-bond acceptors (Lipinski definition) is 4. The van der Waals surface area contributed by atoms with Gasteiger partial charge in [0, 0.05) is 19.3 Å². The first kappa shape index (κ1) is 19.2. The molecule has 0 aliphatic carbocycles. The summed E-state index contributed by atoms with van der Waals surface area (Å²) in [5.74, 6) is 0.269. The Morgan fingerprint density at radius 1 is 1.15 bits per heavy atom. The van der Waals surface area contributed by atoms with Gasteiger partial charge in [-0.2, -0.15) is 5.10 Å². The highest BCUT2D eigenvalue weighted by molar-refractivity contribution is 6.00. The molecule has 26 heavy (non-hydrogen) atoms. The first-order valence-electron chi connectivity index (χ1n) is 8.54. The molecule has 0 spiro atoms. The van der Waals surface area contributed by atoms with Gasteiger partial charge >= 0.3 is 0 Å². The molecule has 2 N–H and O–H groups in total. The third kappa shape index (κ3) is 5.20. The predicted molar refractivity (Wildman–Crippen MR) is 100 cm³/mol. The van der Waals surface area contributed by atoms with E-state index in [1.54, 1.807) is 42.3 Å². The van der Waals surface area contributed by atoms with Crippen LogP contribution in [-0.4, -0.2) is 47.1 Å². The number of likely N-dealkylation sites (N-methyl/N-ethyl adjacent to an activating group) is 1. The molecule has 7 nitrogen and oxygen atoms in total. The van der Waals surface area contributed by atoms with E-state index in [0.29, 0.717) is 30.2 Å². The number of benzene rings is 1. The quantitative estimate of drug-likeness (QED) is 0.562. The SMILES string of the molecule is CCN(CC)C(=O)COc1ccc(/C(C)=N\NC(=O)c2ccc[nH]2)cc1. The van der Waals surface area contributed by atoms with E-state index in [9.17, 15) is 9.59 Å². The van der Waals surface area contributed by atoms with Crippen LogP contribution in [0.1, 0.15) is 36.8 Å². The van der Waals surface area contributed by atoms with Crippen molar-refractivity contribution in [1.29, 1.82) is 0 Å². The molecule has 0 aliphatic heterocycles. The van der Waals surface area contributed by atoms with Crippen LogP contribution in [0.2, 0.25) is 0 Å². The van der Waals surface area contributed by atoms with Gasteiger partial charge in [-0.25, -0.2) is 5.43 Å². The number of aromatic amines is 1. The molecule has 1 aromatic carbocycles. The number of carbonyl (C=O) groups excluding carboxylic acids is 2. The van der Waals surface area contributed by atoms with Crippen LogP contribution in [0.15, 0.2) is 47.7 Å². The third-order valence-electron chi connectivity index (χ3n) is 3.92. The molecule has 7 heteroatoms. The fourth-order valence-electron chi connectivity index (χ4n) is 2.34. The summed E-state index contributed by atoms with van der Waals surface area (Å²) in [5, 5.41) is 4.10. The predicted octanol–water partition coefficient (Wildman–Crippen LogP) is 2.42. The maximum atomic E-state index is 11.9. The molecule has 0 fully saturated rings. The fraction of sp³-hybridized carbons (Fsp3) is 0.316. The average Bonchev–Trinajstić information content (AvgIpc) is 3.20. The molecule has 0 radical (unpaired) electrons. The van der Waals surface area contributed by atoms with Crippen molar-refractivity contribution >= 4 is 17.5 Å². The third-order valence-corrected chi connectivity index (χ3v) is 3.92. The van der Waals surface area contributed by atoms with Crippen LogP contribution < -0.4 is 10.2 Å². The number of ether oxygens (including phenoxy) is 1. The van der Waals surface area contributed by atoms with Crippen LogP contribution >= 0.6 is 0 Å². The van der Waals surface area contributed by atoms with Crippen LogP contribution in [0.25, 0.3) is 0 Å². The van der Waals surface area contributed by atoms with Gasteiger partial charge in [0.1, 0.15) is 11.4 Å². The van der Waals surface area contributed by atoms with Crippen molar-refractivity contribution in [2.45, 2.75) is 20.8 Å². The molecule has 0 saturated carbocycles. The Bertz CT molecular complexity index is 748. The van der Waals surface area contributed by atoms with Gasteiger partial charge in [0.25, 0.3) is 11.8 Å². The normalized spacial score (nSPS) is 11.1. The van der Waals surface area contributed by atoms with Crippen LogP contribution in [-0.2, 0) is 4.79 Å². The number of H-pyrrole nitrogens is 1. The summed E-state index contributed by atoms with van der Waals surface area (Å²) in [7, 11) is 0. The second kappa shape index (κ2) is 9.41. The first-order chi connectivity index (χ1) is 12.5. The Labute approximate surface area is 153 Å². The Morgan fingerprint density at radius 2 is 1.85 bits per heavy atom. The van der Waals surface area contributed by atoms with Crippen molar-refractivity contribution in [2.24, 2.45) is 5.10 Å². The lowest BCUT2D eigenvalue weighted by molar-refractivity contribution is -0.132. The highest BCUT2D eigenvalue weighted by atomic mass is 16.5. The van der Waals surface area contributed by atoms with Crippen molar-refractivity contribution < 1.29 is 14.3 Å². The Morgan fingerprint density at radius 3 is 2.42 bits per heavy atom. The van der Waals surface area contributed by atoms with E-state index in [1.807, 2.05) is 26.0 Å². The van der Waals surface area contributed by atoms with Gasteiger partial charge in [0.05, 0.1) is 5.71 Å². The number of rotatable bonds is 8. The Kier molecular flexibility index (Phi) is 6.96. The molecule has 0 atom stereocenters. The molecular weight excluding hydrogens is 332 g/mol. The van der Waals surface area contributed by atoms with E-state index < -0.39 is 0 Å².